The van der Waals surface area contributed by atoms with Crippen molar-refractivity contribution < 1.29 is 9.63 Å². The van der Waals surface area contributed by atoms with E-state index < -0.39 is 6.09 Å². The highest BCUT2D eigenvalue weighted by atomic mass is 32.1. The van der Waals surface area contributed by atoms with Crippen LogP contribution in [-0.4, -0.2) is 21.0 Å². The summed E-state index contributed by atoms with van der Waals surface area (Å²) < 4.78 is 1.10. The van der Waals surface area contributed by atoms with E-state index in [1.54, 1.807) is 18.3 Å². The van der Waals surface area contributed by atoms with Crippen LogP contribution in [0.4, 0.5) is 4.79 Å². The average Bonchev–Trinajstić information content (AvgIpc) is 2.69. The van der Waals surface area contributed by atoms with E-state index in [1.165, 1.54) is 0 Å². The van der Waals surface area contributed by atoms with Crippen LogP contribution < -0.4 is 0 Å². The van der Waals surface area contributed by atoms with Crippen molar-refractivity contribution in [3.63, 3.8) is 0 Å². The van der Waals surface area contributed by atoms with Crippen LogP contribution in [0.3, 0.4) is 0 Å². The van der Waals surface area contributed by atoms with Crippen LogP contribution >= 0.6 is 12.2 Å². The Hall–Kier alpha value is -2.04. The zero-order valence-electron chi connectivity index (χ0n) is 7.45. The topological polar surface area (TPSA) is 56.5 Å². The first kappa shape index (κ1) is 9.51. The maximum Gasteiger partial charge on any atom is 0.462 e. The van der Waals surface area contributed by atoms with Gasteiger partial charge in [0.1, 0.15) is 5.16 Å². The number of isothiocyanates is 1. The Morgan fingerprint density at radius 2 is 2.33 bits per heavy atom. The maximum absolute atomic E-state index is 11.4. The van der Waals surface area contributed by atoms with Gasteiger partial charge in [0.25, 0.3) is 0 Å². The van der Waals surface area contributed by atoms with E-state index in [4.69, 9.17) is 0 Å². The van der Waals surface area contributed by atoms with Gasteiger partial charge in [-0.3, -0.25) is 4.84 Å². The molecule has 1 aromatic carbocycles. The number of hydrogen-bond acceptors (Lipinski definition) is 5. The predicted octanol–water partition coefficient (Wildman–Crippen LogP) is 2.04. The first-order valence-electron chi connectivity index (χ1n) is 4.04. The molecule has 0 fully saturated rings. The molecule has 0 spiro atoms. The third kappa shape index (κ3) is 1.76. The molecule has 0 saturated heterocycles. The van der Waals surface area contributed by atoms with Gasteiger partial charge >= 0.3 is 6.09 Å². The van der Waals surface area contributed by atoms with E-state index >= 15 is 0 Å². The molecule has 1 aromatic heterocycles. The van der Waals surface area contributed by atoms with Crippen LogP contribution in [0, 0.1) is 0 Å². The van der Waals surface area contributed by atoms with Crippen LogP contribution in [0.2, 0.25) is 0 Å². The van der Waals surface area contributed by atoms with Gasteiger partial charge in [-0.15, -0.1) is 0 Å². The third-order valence-electron chi connectivity index (χ3n) is 1.81. The van der Waals surface area contributed by atoms with E-state index in [1.807, 2.05) is 17.3 Å². The quantitative estimate of drug-likeness (QED) is 0.319. The Balaban J connectivity index is 2.43. The smallest absolute Gasteiger partial charge is 0.287 e. The zero-order valence-corrected chi connectivity index (χ0v) is 8.27. The minimum absolute atomic E-state index is 0.655. The number of aromatic nitrogens is 2. The van der Waals surface area contributed by atoms with Gasteiger partial charge in [0.15, 0.2) is 0 Å². The molecule has 0 aliphatic heterocycles. The highest BCUT2D eigenvalue weighted by Crippen LogP contribution is 2.12. The first-order valence-corrected chi connectivity index (χ1v) is 4.45. The van der Waals surface area contributed by atoms with E-state index in [0.717, 1.165) is 10.1 Å². The zero-order chi connectivity index (χ0) is 10.7. The fourth-order valence-corrected chi connectivity index (χ4v) is 1.25. The summed E-state index contributed by atoms with van der Waals surface area (Å²) >= 11 is 4.27. The lowest BCUT2D eigenvalue weighted by atomic mass is 10.3. The summed E-state index contributed by atoms with van der Waals surface area (Å²) in [6.45, 7) is 0. The molecule has 1 heterocycles. The average molecular weight is 219 g/mol. The summed E-state index contributed by atoms with van der Waals surface area (Å²) in [7, 11) is 0. The molecule has 0 amide bonds. The van der Waals surface area contributed by atoms with Gasteiger partial charge in [0, 0.05) is 5.39 Å². The number of nitrogens with zero attached hydrogens (tertiary/aromatic N) is 3. The molecule has 0 radical (unpaired) electrons. The molecule has 6 heteroatoms. The van der Waals surface area contributed by atoms with Crippen LogP contribution in [0.5, 0.6) is 0 Å². The summed E-state index contributed by atoms with van der Waals surface area (Å²) in [5, 5.41) is 9.74. The lowest BCUT2D eigenvalue weighted by molar-refractivity contribution is 0.151. The van der Waals surface area contributed by atoms with Crippen molar-refractivity contribution >= 4 is 34.4 Å². The Morgan fingerprint density at radius 3 is 3.13 bits per heavy atom. The monoisotopic (exact) mass is 219 g/mol. The van der Waals surface area contributed by atoms with Gasteiger partial charge < -0.3 is 0 Å². The van der Waals surface area contributed by atoms with Crippen molar-refractivity contribution in [2.45, 2.75) is 0 Å². The molecule has 0 aliphatic carbocycles. The van der Waals surface area contributed by atoms with Gasteiger partial charge in [-0.2, -0.15) is 9.78 Å². The summed E-state index contributed by atoms with van der Waals surface area (Å²) in [6, 6.07) is 7.25. The second kappa shape index (κ2) is 4.00. The molecule has 0 saturated carbocycles. The molecule has 0 aliphatic rings. The Labute approximate surface area is 89.9 Å². The summed E-state index contributed by atoms with van der Waals surface area (Å²) in [6.07, 6.45) is 0.853. The minimum Gasteiger partial charge on any atom is -0.287 e. The minimum atomic E-state index is -0.714. The molecular formula is C9H5N3O2S. The Kier molecular flexibility index (Phi) is 2.53. The lowest BCUT2D eigenvalue weighted by Gasteiger charge is -1.96. The predicted molar refractivity (Wildman–Crippen MR) is 56.6 cm³/mol. The van der Waals surface area contributed by atoms with Crippen LogP contribution in [0.25, 0.3) is 10.9 Å². The fraction of sp³-hybridized carbons (Fsp3) is 0. The number of fused-ring (bicyclic) bond motifs is 1. The van der Waals surface area contributed by atoms with Crippen molar-refractivity contribution in [1.82, 2.24) is 9.78 Å². The molecule has 0 atom stereocenters. The van der Waals surface area contributed by atoms with Gasteiger partial charge in [-0.05, 0) is 23.4 Å². The second-order valence-corrected chi connectivity index (χ2v) is 2.84. The van der Waals surface area contributed by atoms with Crippen molar-refractivity contribution in [2.24, 2.45) is 5.16 Å². The van der Waals surface area contributed by atoms with Crippen LogP contribution in [0.1, 0.15) is 0 Å². The van der Waals surface area contributed by atoms with Crippen molar-refractivity contribution in [3.05, 3.63) is 30.5 Å². The highest BCUT2D eigenvalue weighted by Gasteiger charge is 2.10. The SMILES string of the molecule is O=C(ON=C=S)n1ncc2ccccc21. The van der Waals surface area contributed by atoms with E-state index in [2.05, 4.69) is 27.3 Å². The number of carbonyl (C=O) groups excluding carboxylic acids is 1. The number of benzene rings is 1. The molecule has 0 bridgehead atoms. The largest absolute Gasteiger partial charge is 0.462 e. The van der Waals surface area contributed by atoms with Gasteiger partial charge in [-0.1, -0.05) is 18.2 Å². The molecule has 0 unspecified atom stereocenters. The fourth-order valence-electron chi connectivity index (χ4n) is 1.21. The summed E-state index contributed by atoms with van der Waals surface area (Å²) in [4.78, 5) is 15.8. The molecule has 2 rings (SSSR count). The molecule has 15 heavy (non-hydrogen) atoms. The van der Waals surface area contributed by atoms with E-state index in [-0.39, 0.29) is 0 Å². The molecular weight excluding hydrogens is 214 g/mol. The molecule has 2 aromatic rings. The van der Waals surface area contributed by atoms with E-state index in [9.17, 15) is 4.79 Å². The maximum atomic E-state index is 11.4. The van der Waals surface area contributed by atoms with Gasteiger partial charge in [0.05, 0.1) is 11.7 Å². The number of para-hydroxylation sites is 1. The van der Waals surface area contributed by atoms with Crippen LogP contribution in [0.15, 0.2) is 35.6 Å². The number of thiocarbonyl (C=S) groups is 1. The second-order valence-electron chi connectivity index (χ2n) is 2.65. The Bertz CT molecular complexity index is 557. The van der Waals surface area contributed by atoms with Crippen molar-refractivity contribution in [1.29, 1.82) is 0 Å². The number of rotatable bonds is 1. The van der Waals surface area contributed by atoms with Gasteiger partial charge in [0.2, 0.25) is 0 Å². The molecule has 0 N–H and O–H groups in total. The normalized spacial score (nSPS) is 9.60. The summed E-state index contributed by atoms with van der Waals surface area (Å²) in [5.74, 6) is 0. The molecule has 5 nitrogen and oxygen atoms in total. The first-order chi connectivity index (χ1) is 7.33. The van der Waals surface area contributed by atoms with Gasteiger partial charge in [-0.25, -0.2) is 4.79 Å². The standard InChI is InChI=1S/C9H5N3O2S/c13-9(14-11-6-15)12-8-4-2-1-3-7(8)5-10-12/h1-5H. The van der Waals surface area contributed by atoms with Crippen molar-refractivity contribution in [3.8, 4) is 0 Å². The van der Waals surface area contributed by atoms with E-state index in [0.29, 0.717) is 5.52 Å². The summed E-state index contributed by atoms with van der Waals surface area (Å²) in [5.41, 5.74) is 0.655. The lowest BCUT2D eigenvalue weighted by Crippen LogP contribution is -2.11. The Morgan fingerprint density at radius 1 is 1.53 bits per heavy atom. The molecule has 74 valence electrons. The highest BCUT2D eigenvalue weighted by molar-refractivity contribution is 7.78. The number of hydrogen-bond donors (Lipinski definition) is 0. The van der Waals surface area contributed by atoms with Crippen LogP contribution in [-0.2, 0) is 4.84 Å². The third-order valence-corrected chi connectivity index (χ3v) is 1.89. The number of carbonyl (C=O) groups is 1. The van der Waals surface area contributed by atoms with Crippen molar-refractivity contribution in [2.75, 3.05) is 0 Å².